The molecule has 0 aromatic heterocycles. The summed E-state index contributed by atoms with van der Waals surface area (Å²) >= 11 is 0. The van der Waals surface area contributed by atoms with E-state index in [-0.39, 0.29) is 11.8 Å². The van der Waals surface area contributed by atoms with E-state index >= 15 is 0 Å². The molecule has 3 saturated heterocycles. The Balaban J connectivity index is 1.48. The van der Waals surface area contributed by atoms with Crippen LogP contribution in [0.3, 0.4) is 0 Å². The second-order valence-corrected chi connectivity index (χ2v) is 8.42. The Morgan fingerprint density at radius 3 is 2.38 bits per heavy atom. The van der Waals surface area contributed by atoms with Gasteiger partial charge in [0, 0.05) is 31.7 Å². The highest BCUT2D eigenvalue weighted by molar-refractivity contribution is 5.99. The van der Waals surface area contributed by atoms with Gasteiger partial charge in [-0.3, -0.25) is 9.59 Å². The maximum Gasteiger partial charge on any atom is 0.254 e. The summed E-state index contributed by atoms with van der Waals surface area (Å²) in [5.41, 5.74) is 0.362. The summed E-state index contributed by atoms with van der Waals surface area (Å²) in [6, 6.07) is 9.34. The van der Waals surface area contributed by atoms with E-state index in [1.165, 1.54) is 6.42 Å². The first-order valence-electron chi connectivity index (χ1n) is 9.91. The smallest absolute Gasteiger partial charge is 0.254 e. The summed E-state index contributed by atoms with van der Waals surface area (Å²) in [5.74, 6) is 0.118. The molecule has 3 fully saturated rings. The summed E-state index contributed by atoms with van der Waals surface area (Å²) in [6.07, 6.45) is 5.03. The summed E-state index contributed by atoms with van der Waals surface area (Å²) in [6.45, 7) is 6.46. The van der Waals surface area contributed by atoms with Gasteiger partial charge in [0.25, 0.3) is 5.91 Å². The number of nitrogens with one attached hydrogen (secondary N) is 1. The molecule has 4 rings (SSSR count). The van der Waals surface area contributed by atoms with Gasteiger partial charge in [0.15, 0.2) is 0 Å². The largest absolute Gasteiger partial charge is 0.341 e. The molecule has 5 nitrogen and oxygen atoms in total. The molecule has 1 aromatic carbocycles. The standard InChI is InChI=1S/C21H29N3O2/c1-20(8-5-13-24(20)18(25)17-6-3-2-4-7-17)19(26)23-14-10-21(11-15-23)9-12-22-16-21/h2-4,6-7,22H,5,8-16H2,1H3. The van der Waals surface area contributed by atoms with Crippen LogP contribution >= 0.6 is 0 Å². The summed E-state index contributed by atoms with van der Waals surface area (Å²) in [4.78, 5) is 30.2. The summed E-state index contributed by atoms with van der Waals surface area (Å²) in [5, 5.41) is 3.47. The van der Waals surface area contributed by atoms with E-state index in [0.717, 1.165) is 51.9 Å². The normalized spacial score (nSPS) is 27.9. The third-order valence-electron chi connectivity index (χ3n) is 6.81. The van der Waals surface area contributed by atoms with E-state index in [4.69, 9.17) is 0 Å². The fraction of sp³-hybridized carbons (Fsp3) is 0.619. The Kier molecular flexibility index (Phi) is 4.51. The highest BCUT2D eigenvalue weighted by Gasteiger charge is 2.49. The first-order valence-corrected chi connectivity index (χ1v) is 9.91. The number of carbonyl (C=O) groups excluding carboxylic acids is 2. The number of benzene rings is 1. The minimum atomic E-state index is -0.703. The van der Waals surface area contributed by atoms with Crippen molar-refractivity contribution in [3.05, 3.63) is 35.9 Å². The van der Waals surface area contributed by atoms with Gasteiger partial charge in [0.1, 0.15) is 5.54 Å². The fourth-order valence-corrected chi connectivity index (χ4v) is 4.99. The van der Waals surface area contributed by atoms with Crippen molar-refractivity contribution in [2.45, 2.75) is 44.6 Å². The van der Waals surface area contributed by atoms with Gasteiger partial charge < -0.3 is 15.1 Å². The van der Waals surface area contributed by atoms with Crippen LogP contribution in [0.15, 0.2) is 30.3 Å². The van der Waals surface area contributed by atoms with Crippen molar-refractivity contribution in [1.82, 2.24) is 15.1 Å². The monoisotopic (exact) mass is 355 g/mol. The van der Waals surface area contributed by atoms with Crippen LogP contribution < -0.4 is 5.32 Å². The third-order valence-corrected chi connectivity index (χ3v) is 6.81. The molecule has 3 aliphatic rings. The number of hydrogen-bond acceptors (Lipinski definition) is 3. The third kappa shape index (κ3) is 2.92. The molecule has 1 N–H and O–H groups in total. The average Bonchev–Trinajstić information content (AvgIpc) is 3.30. The van der Waals surface area contributed by atoms with Crippen LogP contribution in [0, 0.1) is 5.41 Å². The van der Waals surface area contributed by atoms with Crippen LogP contribution in [0.25, 0.3) is 0 Å². The molecule has 1 spiro atoms. The predicted molar refractivity (Wildman–Crippen MR) is 101 cm³/mol. The van der Waals surface area contributed by atoms with E-state index in [2.05, 4.69) is 5.32 Å². The lowest BCUT2D eigenvalue weighted by molar-refractivity contribution is -0.143. The molecular formula is C21H29N3O2. The Morgan fingerprint density at radius 1 is 1.00 bits per heavy atom. The lowest BCUT2D eigenvalue weighted by atomic mass is 9.77. The fourth-order valence-electron chi connectivity index (χ4n) is 4.99. The van der Waals surface area contributed by atoms with Gasteiger partial charge in [-0.15, -0.1) is 0 Å². The van der Waals surface area contributed by atoms with Gasteiger partial charge in [0.05, 0.1) is 0 Å². The average molecular weight is 355 g/mol. The number of likely N-dealkylation sites (tertiary alicyclic amines) is 2. The maximum absolute atomic E-state index is 13.4. The molecule has 1 aromatic rings. The minimum Gasteiger partial charge on any atom is -0.341 e. The minimum absolute atomic E-state index is 0.0209. The first kappa shape index (κ1) is 17.5. The number of carbonyl (C=O) groups is 2. The maximum atomic E-state index is 13.4. The number of rotatable bonds is 2. The number of piperidine rings is 1. The molecule has 3 heterocycles. The van der Waals surface area contributed by atoms with Crippen molar-refractivity contribution in [2.75, 3.05) is 32.7 Å². The van der Waals surface area contributed by atoms with Crippen LogP contribution in [0.4, 0.5) is 0 Å². The zero-order valence-electron chi connectivity index (χ0n) is 15.7. The van der Waals surface area contributed by atoms with Crippen molar-refractivity contribution in [3.8, 4) is 0 Å². The molecule has 2 amide bonds. The molecule has 26 heavy (non-hydrogen) atoms. The second-order valence-electron chi connectivity index (χ2n) is 8.42. The Bertz CT molecular complexity index is 674. The molecule has 0 bridgehead atoms. The molecule has 3 aliphatic heterocycles. The van der Waals surface area contributed by atoms with Crippen LogP contribution in [0.1, 0.15) is 49.4 Å². The molecule has 5 heteroatoms. The lowest BCUT2D eigenvalue weighted by Gasteiger charge is -2.43. The quantitative estimate of drug-likeness (QED) is 0.886. The summed E-state index contributed by atoms with van der Waals surface area (Å²) in [7, 11) is 0. The van der Waals surface area contributed by atoms with E-state index in [9.17, 15) is 9.59 Å². The van der Waals surface area contributed by atoms with Gasteiger partial charge in [-0.2, -0.15) is 0 Å². The van der Waals surface area contributed by atoms with Gasteiger partial charge in [-0.1, -0.05) is 18.2 Å². The zero-order chi connectivity index (χ0) is 18.2. The van der Waals surface area contributed by atoms with E-state index in [0.29, 0.717) is 17.5 Å². The number of amides is 2. The van der Waals surface area contributed by atoms with Crippen molar-refractivity contribution < 1.29 is 9.59 Å². The highest BCUT2D eigenvalue weighted by atomic mass is 16.2. The topological polar surface area (TPSA) is 52.7 Å². The van der Waals surface area contributed by atoms with Crippen molar-refractivity contribution in [1.29, 1.82) is 0 Å². The Morgan fingerprint density at radius 2 is 1.73 bits per heavy atom. The van der Waals surface area contributed by atoms with Crippen LogP contribution in [0.2, 0.25) is 0 Å². The van der Waals surface area contributed by atoms with E-state index in [1.807, 2.05) is 47.1 Å². The highest BCUT2D eigenvalue weighted by Crippen LogP contribution is 2.39. The van der Waals surface area contributed by atoms with Gasteiger partial charge in [-0.25, -0.2) is 0 Å². The molecule has 0 radical (unpaired) electrons. The molecule has 0 saturated carbocycles. The van der Waals surface area contributed by atoms with Crippen molar-refractivity contribution in [3.63, 3.8) is 0 Å². The first-order chi connectivity index (χ1) is 12.5. The zero-order valence-corrected chi connectivity index (χ0v) is 15.7. The Hall–Kier alpha value is -1.88. The molecule has 1 unspecified atom stereocenters. The summed E-state index contributed by atoms with van der Waals surface area (Å²) < 4.78 is 0. The van der Waals surface area contributed by atoms with Gasteiger partial charge >= 0.3 is 0 Å². The number of nitrogens with zero attached hydrogens (tertiary/aromatic N) is 2. The van der Waals surface area contributed by atoms with E-state index < -0.39 is 5.54 Å². The molecular weight excluding hydrogens is 326 g/mol. The SMILES string of the molecule is CC1(C(=O)N2CCC3(CCNC3)CC2)CCCN1C(=O)c1ccccc1. The molecule has 0 aliphatic carbocycles. The van der Waals surface area contributed by atoms with E-state index in [1.54, 1.807) is 0 Å². The second kappa shape index (κ2) is 6.69. The predicted octanol–water partition coefficient (Wildman–Crippen LogP) is 2.28. The van der Waals surface area contributed by atoms with Crippen molar-refractivity contribution >= 4 is 11.8 Å². The van der Waals surface area contributed by atoms with Crippen LogP contribution in [-0.2, 0) is 4.79 Å². The number of hydrogen-bond donors (Lipinski definition) is 1. The lowest BCUT2D eigenvalue weighted by Crippen LogP contribution is -2.58. The van der Waals surface area contributed by atoms with Gasteiger partial charge in [0.2, 0.25) is 5.91 Å². The van der Waals surface area contributed by atoms with Crippen molar-refractivity contribution in [2.24, 2.45) is 5.41 Å². The molecule has 1 atom stereocenters. The van der Waals surface area contributed by atoms with Gasteiger partial charge in [-0.05, 0) is 63.1 Å². The molecule has 140 valence electrons. The van der Waals surface area contributed by atoms with Crippen LogP contribution in [-0.4, -0.2) is 59.9 Å². The Labute approximate surface area is 155 Å². The van der Waals surface area contributed by atoms with Crippen LogP contribution in [0.5, 0.6) is 0 Å².